The number of hydrogen-bond donors (Lipinski definition) is 1. The Morgan fingerprint density at radius 1 is 1.21 bits per heavy atom. The zero-order valence-corrected chi connectivity index (χ0v) is 13.9. The second-order valence-electron chi connectivity index (χ2n) is 5.04. The van der Waals surface area contributed by atoms with E-state index < -0.39 is 0 Å². The number of methoxy groups -OCH3 is 1. The van der Waals surface area contributed by atoms with Crippen LogP contribution in [0.1, 0.15) is 16.4 Å². The summed E-state index contributed by atoms with van der Waals surface area (Å²) in [5.74, 6) is 0.378. The van der Waals surface area contributed by atoms with E-state index >= 15 is 0 Å². The second kappa shape index (κ2) is 7.65. The van der Waals surface area contributed by atoms with Crippen LogP contribution in [0.3, 0.4) is 0 Å². The molecule has 0 bridgehead atoms. The van der Waals surface area contributed by atoms with E-state index in [1.807, 2.05) is 23.6 Å². The molecule has 3 aromatic heterocycles. The molecule has 7 heteroatoms. The minimum absolute atomic E-state index is 0.128. The van der Waals surface area contributed by atoms with Crippen LogP contribution in [0, 0.1) is 0 Å². The topological polar surface area (TPSA) is 77.0 Å². The van der Waals surface area contributed by atoms with E-state index in [1.165, 1.54) is 11.3 Å². The maximum Gasteiger partial charge on any atom is 0.230 e. The Balaban J connectivity index is 1.56. The first-order valence-corrected chi connectivity index (χ1v) is 8.24. The Labute approximate surface area is 143 Å². The maximum absolute atomic E-state index is 12.1. The summed E-state index contributed by atoms with van der Waals surface area (Å²) >= 11 is 1.54. The molecule has 0 radical (unpaired) electrons. The van der Waals surface area contributed by atoms with Crippen LogP contribution >= 0.6 is 11.3 Å². The number of amides is 1. The number of carbonyl (C=O) groups is 1. The van der Waals surface area contributed by atoms with Crippen molar-refractivity contribution in [1.82, 2.24) is 15.0 Å². The van der Waals surface area contributed by atoms with Gasteiger partial charge in [-0.05, 0) is 18.2 Å². The highest BCUT2D eigenvalue weighted by Crippen LogP contribution is 2.15. The van der Waals surface area contributed by atoms with Crippen LogP contribution in [0.25, 0.3) is 0 Å². The van der Waals surface area contributed by atoms with Gasteiger partial charge in [0.1, 0.15) is 0 Å². The van der Waals surface area contributed by atoms with E-state index in [1.54, 1.807) is 31.6 Å². The van der Waals surface area contributed by atoms with Crippen LogP contribution in [0.4, 0.5) is 5.69 Å². The summed E-state index contributed by atoms with van der Waals surface area (Å²) < 4.78 is 4.98. The van der Waals surface area contributed by atoms with Crippen molar-refractivity contribution in [3.63, 3.8) is 0 Å². The van der Waals surface area contributed by atoms with Crippen LogP contribution in [0.5, 0.6) is 5.88 Å². The standard InChI is InChI=1S/C17H16N4O2S/c1-23-16-6-5-13(10-19-16)20-15(22)8-14-11-24-17(21-14)9-12-4-2-3-7-18-12/h2-7,10-11H,8-9H2,1H3,(H,20,22). The molecule has 0 saturated heterocycles. The van der Waals surface area contributed by atoms with Gasteiger partial charge in [-0.1, -0.05) is 6.07 Å². The van der Waals surface area contributed by atoms with Crippen LogP contribution in [-0.2, 0) is 17.6 Å². The van der Waals surface area contributed by atoms with Gasteiger partial charge in [0, 0.05) is 29.8 Å². The zero-order valence-electron chi connectivity index (χ0n) is 13.1. The average molecular weight is 340 g/mol. The normalized spacial score (nSPS) is 10.4. The van der Waals surface area contributed by atoms with Crippen molar-refractivity contribution in [3.8, 4) is 5.88 Å². The highest BCUT2D eigenvalue weighted by molar-refractivity contribution is 7.09. The van der Waals surface area contributed by atoms with Crippen molar-refractivity contribution < 1.29 is 9.53 Å². The molecule has 0 aliphatic heterocycles. The molecule has 0 unspecified atom stereocenters. The van der Waals surface area contributed by atoms with Crippen molar-refractivity contribution in [1.29, 1.82) is 0 Å². The first kappa shape index (κ1) is 16.1. The molecule has 24 heavy (non-hydrogen) atoms. The molecule has 0 aliphatic carbocycles. The Morgan fingerprint density at radius 2 is 2.12 bits per heavy atom. The Morgan fingerprint density at radius 3 is 2.83 bits per heavy atom. The number of thiazole rings is 1. The van der Waals surface area contributed by atoms with Crippen molar-refractivity contribution in [2.24, 2.45) is 0 Å². The Hall–Kier alpha value is -2.80. The first-order chi connectivity index (χ1) is 11.7. The molecule has 0 spiro atoms. The molecule has 122 valence electrons. The summed E-state index contributed by atoms with van der Waals surface area (Å²) in [7, 11) is 1.55. The van der Waals surface area contributed by atoms with Gasteiger partial charge in [0.05, 0.1) is 36.1 Å². The number of carbonyl (C=O) groups excluding carboxylic acids is 1. The molecule has 1 amide bonds. The lowest BCUT2D eigenvalue weighted by molar-refractivity contribution is -0.115. The largest absolute Gasteiger partial charge is 0.481 e. The fourth-order valence-corrected chi connectivity index (χ4v) is 2.92. The predicted octanol–water partition coefficient (Wildman–Crippen LogP) is 2.71. The third-order valence-corrected chi connectivity index (χ3v) is 4.13. The lowest BCUT2D eigenvalue weighted by Crippen LogP contribution is -2.14. The number of pyridine rings is 2. The van der Waals surface area contributed by atoms with Gasteiger partial charge in [-0.3, -0.25) is 9.78 Å². The highest BCUT2D eigenvalue weighted by atomic mass is 32.1. The van der Waals surface area contributed by atoms with E-state index in [9.17, 15) is 4.79 Å². The molecule has 3 rings (SSSR count). The molecule has 0 saturated carbocycles. The van der Waals surface area contributed by atoms with Gasteiger partial charge < -0.3 is 10.1 Å². The summed E-state index contributed by atoms with van der Waals surface area (Å²) in [6.07, 6.45) is 4.23. The molecule has 3 aromatic rings. The summed E-state index contributed by atoms with van der Waals surface area (Å²) in [5, 5.41) is 5.65. The summed E-state index contributed by atoms with van der Waals surface area (Å²) in [4.78, 5) is 24.9. The molecule has 1 N–H and O–H groups in total. The van der Waals surface area contributed by atoms with Crippen molar-refractivity contribution in [2.45, 2.75) is 12.8 Å². The van der Waals surface area contributed by atoms with E-state index in [2.05, 4.69) is 20.3 Å². The number of ether oxygens (including phenoxy) is 1. The molecule has 6 nitrogen and oxygen atoms in total. The summed E-state index contributed by atoms with van der Waals surface area (Å²) in [6.45, 7) is 0. The first-order valence-electron chi connectivity index (χ1n) is 7.36. The number of hydrogen-bond acceptors (Lipinski definition) is 6. The number of anilines is 1. The maximum atomic E-state index is 12.1. The fourth-order valence-electron chi connectivity index (χ4n) is 2.11. The van der Waals surface area contributed by atoms with Crippen LogP contribution in [0.2, 0.25) is 0 Å². The molecular weight excluding hydrogens is 324 g/mol. The zero-order chi connectivity index (χ0) is 16.8. The number of nitrogens with zero attached hydrogens (tertiary/aromatic N) is 3. The SMILES string of the molecule is COc1ccc(NC(=O)Cc2csc(Cc3ccccn3)n2)cn1. The average Bonchev–Trinajstić information content (AvgIpc) is 3.03. The van der Waals surface area contributed by atoms with Crippen LogP contribution in [-0.4, -0.2) is 28.0 Å². The lowest BCUT2D eigenvalue weighted by Gasteiger charge is -2.04. The van der Waals surface area contributed by atoms with Gasteiger partial charge in [-0.25, -0.2) is 9.97 Å². The van der Waals surface area contributed by atoms with Gasteiger partial charge in [0.25, 0.3) is 0 Å². The fraction of sp³-hybridized carbons (Fsp3) is 0.176. The highest BCUT2D eigenvalue weighted by Gasteiger charge is 2.09. The third-order valence-electron chi connectivity index (χ3n) is 3.23. The minimum atomic E-state index is -0.128. The van der Waals surface area contributed by atoms with Gasteiger partial charge in [-0.15, -0.1) is 11.3 Å². The Kier molecular flexibility index (Phi) is 5.12. The summed E-state index contributed by atoms with van der Waals surface area (Å²) in [5.41, 5.74) is 2.35. The molecule has 0 aliphatic rings. The lowest BCUT2D eigenvalue weighted by atomic mass is 10.3. The quantitative estimate of drug-likeness (QED) is 0.746. The van der Waals surface area contributed by atoms with Gasteiger partial charge in [0.15, 0.2) is 0 Å². The van der Waals surface area contributed by atoms with Gasteiger partial charge in [-0.2, -0.15) is 0 Å². The second-order valence-corrected chi connectivity index (χ2v) is 5.99. The van der Waals surface area contributed by atoms with Gasteiger partial charge in [0.2, 0.25) is 11.8 Å². The van der Waals surface area contributed by atoms with Crippen LogP contribution in [0.15, 0.2) is 48.1 Å². The van der Waals surface area contributed by atoms with E-state index in [0.717, 1.165) is 16.4 Å². The summed E-state index contributed by atoms with van der Waals surface area (Å²) in [6, 6.07) is 9.24. The van der Waals surface area contributed by atoms with Crippen LogP contribution < -0.4 is 10.1 Å². The van der Waals surface area contributed by atoms with Crippen molar-refractivity contribution >= 4 is 22.9 Å². The van der Waals surface area contributed by atoms with Crippen molar-refractivity contribution in [2.75, 3.05) is 12.4 Å². The number of rotatable bonds is 6. The predicted molar refractivity (Wildman–Crippen MR) is 92.3 cm³/mol. The number of aromatic nitrogens is 3. The van der Waals surface area contributed by atoms with E-state index in [-0.39, 0.29) is 12.3 Å². The number of nitrogens with one attached hydrogen (secondary N) is 1. The molecule has 0 aromatic carbocycles. The molecule has 3 heterocycles. The molecule has 0 fully saturated rings. The monoisotopic (exact) mass is 340 g/mol. The third kappa shape index (κ3) is 4.36. The smallest absolute Gasteiger partial charge is 0.230 e. The van der Waals surface area contributed by atoms with E-state index in [0.29, 0.717) is 18.0 Å². The van der Waals surface area contributed by atoms with E-state index in [4.69, 9.17) is 4.74 Å². The minimum Gasteiger partial charge on any atom is -0.481 e. The van der Waals surface area contributed by atoms with Crippen molar-refractivity contribution in [3.05, 3.63) is 64.5 Å². The molecule has 0 atom stereocenters. The molecular formula is C17H16N4O2S. The Bertz CT molecular complexity index is 803. The van der Waals surface area contributed by atoms with Gasteiger partial charge >= 0.3 is 0 Å².